The Labute approximate surface area is 294 Å². The summed E-state index contributed by atoms with van der Waals surface area (Å²) in [6.45, 7) is 9.98. The molecule has 12 heteroatoms. The summed E-state index contributed by atoms with van der Waals surface area (Å²) >= 11 is 3.26. The number of hydrogen-bond donors (Lipinski definition) is 0. The van der Waals surface area contributed by atoms with Gasteiger partial charge in [0, 0.05) is 48.1 Å². The van der Waals surface area contributed by atoms with E-state index in [2.05, 4.69) is 113 Å². The minimum atomic E-state index is -3.71. The van der Waals surface area contributed by atoms with Gasteiger partial charge in [-0.25, -0.2) is 8.42 Å². The molecule has 3 aromatic carbocycles. The van der Waals surface area contributed by atoms with Gasteiger partial charge in [0.15, 0.2) is 0 Å². The highest BCUT2D eigenvalue weighted by Gasteiger charge is 2.20. The predicted molar refractivity (Wildman–Crippen MR) is 200 cm³/mol. The van der Waals surface area contributed by atoms with Crippen LogP contribution in [0.15, 0.2) is 89.6 Å². The van der Waals surface area contributed by atoms with Crippen molar-refractivity contribution in [3.05, 3.63) is 115 Å². The molecule has 6 rings (SSSR count). The van der Waals surface area contributed by atoms with E-state index in [4.69, 9.17) is 9.99 Å². The third-order valence-corrected chi connectivity index (χ3v) is 11.3. The number of benzene rings is 3. The van der Waals surface area contributed by atoms with Gasteiger partial charge in [-0.1, -0.05) is 59.9 Å². The minimum Gasteiger partial charge on any atom is -0.707 e. The van der Waals surface area contributed by atoms with Crippen LogP contribution in [0.3, 0.4) is 0 Å². The molecule has 3 heterocycles. The molecule has 256 valence electrons. The SMILES string of the molecule is CCN1C=C/C(=C\C=c2sc(=CC(=Cc3sc4c5ccccc5ccc4[n+]3CC)OC)n(CC)c2=O)c2ccccc21.CCS(=O)(=O)O[O-]. The lowest BCUT2D eigenvalue weighted by Crippen LogP contribution is -2.33. The van der Waals surface area contributed by atoms with E-state index in [1.165, 1.54) is 50.5 Å². The lowest BCUT2D eigenvalue weighted by molar-refractivity contribution is -0.665. The Kier molecular flexibility index (Phi) is 11.7. The Morgan fingerprint density at radius 3 is 2.39 bits per heavy atom. The topological polar surface area (TPSA) is 105 Å². The van der Waals surface area contributed by atoms with Gasteiger partial charge >= 0.3 is 0 Å². The number of allylic oxidation sites excluding steroid dienone is 4. The summed E-state index contributed by atoms with van der Waals surface area (Å²) < 4.78 is 35.3. The molecule has 49 heavy (non-hydrogen) atoms. The molecule has 0 aliphatic carbocycles. The maximum absolute atomic E-state index is 13.4. The zero-order chi connectivity index (χ0) is 35.1. The maximum atomic E-state index is 13.4. The van der Waals surface area contributed by atoms with Crippen LogP contribution >= 0.6 is 22.7 Å². The van der Waals surface area contributed by atoms with E-state index in [9.17, 15) is 13.2 Å². The van der Waals surface area contributed by atoms with Gasteiger partial charge in [0.2, 0.25) is 5.52 Å². The van der Waals surface area contributed by atoms with Crippen LogP contribution in [0.5, 0.6) is 0 Å². The molecule has 1 aliphatic rings. The Balaban J connectivity index is 0.000000606. The number of rotatable bonds is 9. The molecule has 0 saturated carbocycles. The van der Waals surface area contributed by atoms with Crippen molar-refractivity contribution < 1.29 is 27.3 Å². The standard InChI is InChI=1S/C35H34N3O2S2.C2H6O4S/c1-5-36-21-20-25(27-13-10-11-15-29(27)36)17-19-31-35(39)38(7-3)33(41-31)23-26(40-4)22-32-37(6-2)30-18-16-24-12-8-9-14-28(24)34(30)42-32;1-2-7(4,5)6-3/h8-23H,5-7H2,1-4H3;3H,2H2,1H3/q+1;/p-1/b25-17+,31-19?;. The van der Waals surface area contributed by atoms with Gasteiger partial charge in [-0.3, -0.25) is 9.36 Å². The van der Waals surface area contributed by atoms with E-state index in [0.717, 1.165) is 28.3 Å². The van der Waals surface area contributed by atoms with Crippen LogP contribution in [-0.2, 0) is 32.3 Å². The highest BCUT2D eigenvalue weighted by Crippen LogP contribution is 2.33. The van der Waals surface area contributed by atoms with Crippen LogP contribution in [0.1, 0.15) is 38.3 Å². The molecule has 0 atom stereocenters. The number of aryl methyl sites for hydroxylation is 1. The molecule has 0 amide bonds. The van der Waals surface area contributed by atoms with Crippen molar-refractivity contribution in [1.29, 1.82) is 0 Å². The molecular weight excluding hydrogens is 679 g/mol. The molecule has 0 saturated heterocycles. The van der Waals surface area contributed by atoms with E-state index in [-0.39, 0.29) is 11.3 Å². The van der Waals surface area contributed by atoms with Crippen molar-refractivity contribution in [2.75, 3.05) is 24.3 Å². The summed E-state index contributed by atoms with van der Waals surface area (Å²) in [5.74, 6) is 0.446. The number of anilines is 1. The molecule has 0 spiro atoms. The van der Waals surface area contributed by atoms with Gasteiger partial charge in [-0.15, -0.1) is 11.3 Å². The first-order valence-corrected chi connectivity index (χ1v) is 19.2. The van der Waals surface area contributed by atoms with Crippen LogP contribution in [-0.4, -0.2) is 32.4 Å². The molecule has 0 radical (unpaired) electrons. The highest BCUT2D eigenvalue weighted by molar-refractivity contribution is 7.86. The van der Waals surface area contributed by atoms with Crippen molar-refractivity contribution in [2.24, 2.45) is 0 Å². The van der Waals surface area contributed by atoms with Gasteiger partial charge in [-0.05, 0) is 62.9 Å². The molecule has 9 nitrogen and oxygen atoms in total. The third-order valence-electron chi connectivity index (χ3n) is 8.13. The van der Waals surface area contributed by atoms with Crippen molar-refractivity contribution in [2.45, 2.75) is 40.8 Å². The lowest BCUT2D eigenvalue weighted by atomic mass is 9.99. The van der Waals surface area contributed by atoms with Gasteiger partial charge in [0.25, 0.3) is 20.7 Å². The number of nitrogens with zero attached hydrogens (tertiary/aromatic N) is 3. The largest absolute Gasteiger partial charge is 0.707 e. The van der Waals surface area contributed by atoms with Gasteiger partial charge in [0.05, 0.1) is 23.5 Å². The van der Waals surface area contributed by atoms with Crippen LogP contribution in [0.2, 0.25) is 0 Å². The van der Waals surface area contributed by atoms with E-state index in [1.54, 1.807) is 18.4 Å². The first-order valence-electron chi connectivity index (χ1n) is 16.0. The molecule has 0 unspecified atom stereocenters. The first kappa shape index (κ1) is 36.0. The first-order chi connectivity index (χ1) is 23.7. The van der Waals surface area contributed by atoms with Crippen LogP contribution in [0, 0.1) is 0 Å². The van der Waals surface area contributed by atoms with Gasteiger partial charge in [-0.2, -0.15) is 4.57 Å². The van der Waals surface area contributed by atoms with Crippen molar-refractivity contribution in [3.8, 4) is 0 Å². The zero-order valence-electron chi connectivity index (χ0n) is 28.1. The summed E-state index contributed by atoms with van der Waals surface area (Å²) in [6, 6.07) is 21.3. The number of para-hydroxylation sites is 1. The van der Waals surface area contributed by atoms with Gasteiger partial charge < -0.3 is 19.2 Å². The molecule has 0 bridgehead atoms. The molecule has 2 aromatic heterocycles. The average molecular weight is 718 g/mol. The summed E-state index contributed by atoms with van der Waals surface area (Å²) in [4.78, 5) is 15.6. The van der Waals surface area contributed by atoms with Crippen LogP contribution < -0.4 is 29.5 Å². The fraction of sp³-hybridized carbons (Fsp3) is 0.243. The Morgan fingerprint density at radius 2 is 1.71 bits per heavy atom. The van der Waals surface area contributed by atoms with Gasteiger partial charge in [0.1, 0.15) is 21.7 Å². The zero-order valence-corrected chi connectivity index (χ0v) is 30.5. The predicted octanol–water partition coefficient (Wildman–Crippen LogP) is 4.92. The van der Waals surface area contributed by atoms with E-state index in [0.29, 0.717) is 16.8 Å². The lowest BCUT2D eigenvalue weighted by Gasteiger charge is -2.26. The summed E-state index contributed by atoms with van der Waals surface area (Å²) in [6.07, 6.45) is 12.3. The number of aromatic nitrogens is 2. The summed E-state index contributed by atoms with van der Waals surface area (Å²) in [5.41, 5.74) is 4.68. The highest BCUT2D eigenvalue weighted by atomic mass is 32.2. The second-order valence-electron chi connectivity index (χ2n) is 10.9. The monoisotopic (exact) mass is 717 g/mol. The van der Waals surface area contributed by atoms with Crippen LogP contribution in [0.25, 0.3) is 44.8 Å². The Bertz CT molecular complexity index is 2360. The molecule has 5 aromatic rings. The average Bonchev–Trinajstić information content (AvgIpc) is 3.65. The second kappa shape index (κ2) is 15.9. The normalized spacial score (nSPS) is 14.9. The van der Waals surface area contributed by atoms with E-state index in [1.807, 2.05) is 23.6 Å². The minimum absolute atomic E-state index is 0.0151. The van der Waals surface area contributed by atoms with Crippen molar-refractivity contribution >= 4 is 83.3 Å². The van der Waals surface area contributed by atoms with Crippen LogP contribution in [0.4, 0.5) is 5.69 Å². The maximum Gasteiger partial charge on any atom is 0.269 e. The number of hydrogen-bond acceptors (Lipinski definition) is 9. The number of fused-ring (bicyclic) bond motifs is 4. The molecular formula is C37H39N3O6S3. The third kappa shape index (κ3) is 7.79. The smallest absolute Gasteiger partial charge is 0.269 e. The number of thiazole rings is 2. The second-order valence-corrected chi connectivity index (χ2v) is 14.8. The summed E-state index contributed by atoms with van der Waals surface area (Å²) in [7, 11) is -2.03. The fourth-order valence-corrected chi connectivity index (χ4v) is 8.02. The number of ether oxygens (including phenoxy) is 1. The molecule has 0 N–H and O–H groups in total. The summed E-state index contributed by atoms with van der Waals surface area (Å²) in [5, 5.41) is 12.7. The molecule has 1 aliphatic heterocycles. The Hall–Kier alpha value is -4.33. The quantitative estimate of drug-likeness (QED) is 0.0924. The molecule has 0 fully saturated rings. The van der Waals surface area contributed by atoms with Crippen molar-refractivity contribution in [1.82, 2.24) is 4.57 Å². The van der Waals surface area contributed by atoms with E-state index >= 15 is 0 Å². The van der Waals surface area contributed by atoms with E-state index < -0.39 is 10.1 Å². The number of methoxy groups -OCH3 is 1. The fourth-order valence-electron chi connectivity index (χ4n) is 5.57. The van der Waals surface area contributed by atoms with Crippen molar-refractivity contribution in [3.63, 3.8) is 0 Å². The Morgan fingerprint density at radius 1 is 0.959 bits per heavy atom.